The van der Waals surface area contributed by atoms with Crippen LogP contribution in [0.15, 0.2) is 73.6 Å². The van der Waals surface area contributed by atoms with Crippen molar-refractivity contribution in [2.24, 2.45) is 0 Å². The van der Waals surface area contributed by atoms with Crippen LogP contribution in [0.4, 0.5) is 5.95 Å². The van der Waals surface area contributed by atoms with Crippen molar-refractivity contribution >= 4 is 34.5 Å². The molecule has 5 heterocycles. The third-order valence-electron chi connectivity index (χ3n) is 6.03. The Morgan fingerprint density at radius 3 is 2.77 bits per heavy atom. The van der Waals surface area contributed by atoms with Gasteiger partial charge in [0.25, 0.3) is 0 Å². The van der Waals surface area contributed by atoms with Crippen LogP contribution < -0.4 is 4.90 Å². The zero-order valence-corrected chi connectivity index (χ0v) is 19.7. The van der Waals surface area contributed by atoms with Crippen LogP contribution in [0.3, 0.4) is 0 Å². The molecule has 4 aromatic heterocycles. The summed E-state index contributed by atoms with van der Waals surface area (Å²) in [7, 11) is 0. The standard InChI is InChI=1S/C26H21N7OS/c1-2-16-7-8-29-23(9-16)25-33(24(34)14-35-25)26-31-21(17-11-27-15-28-12-17)10-22(32-26)19-13-30-20-6-4-3-5-18(19)20/h3-13,15,25,30H,2,14H2,1H3. The average molecular weight is 480 g/mol. The first-order valence-electron chi connectivity index (χ1n) is 11.3. The molecule has 172 valence electrons. The van der Waals surface area contributed by atoms with Gasteiger partial charge in [-0.2, -0.15) is 0 Å². The molecule has 1 atom stereocenters. The number of carbonyl (C=O) groups excluding carboxylic acids is 1. The van der Waals surface area contributed by atoms with Crippen molar-refractivity contribution in [1.29, 1.82) is 0 Å². The number of para-hydroxylation sites is 1. The van der Waals surface area contributed by atoms with E-state index in [1.54, 1.807) is 23.5 Å². The number of carbonyl (C=O) groups is 1. The number of hydrogen-bond donors (Lipinski definition) is 1. The molecule has 0 saturated carbocycles. The third kappa shape index (κ3) is 3.93. The minimum absolute atomic E-state index is 0.0463. The summed E-state index contributed by atoms with van der Waals surface area (Å²) in [6.07, 6.45) is 9.53. The van der Waals surface area contributed by atoms with E-state index in [0.717, 1.165) is 34.1 Å². The second-order valence-electron chi connectivity index (χ2n) is 8.18. The van der Waals surface area contributed by atoms with E-state index in [-0.39, 0.29) is 11.3 Å². The number of pyridine rings is 1. The first-order valence-corrected chi connectivity index (χ1v) is 12.4. The molecule has 1 aliphatic rings. The number of amides is 1. The molecule has 0 aliphatic carbocycles. The van der Waals surface area contributed by atoms with Crippen molar-refractivity contribution < 1.29 is 4.79 Å². The lowest BCUT2D eigenvalue weighted by atomic mass is 10.1. The van der Waals surface area contributed by atoms with Crippen molar-refractivity contribution in [3.05, 3.63) is 84.8 Å². The van der Waals surface area contributed by atoms with Crippen LogP contribution in [0.25, 0.3) is 33.4 Å². The average Bonchev–Trinajstić information content (AvgIpc) is 3.53. The van der Waals surface area contributed by atoms with Gasteiger partial charge in [0.05, 0.1) is 22.8 Å². The number of hydrogen-bond acceptors (Lipinski definition) is 7. The second-order valence-corrected chi connectivity index (χ2v) is 9.25. The Hall–Kier alpha value is -4.11. The summed E-state index contributed by atoms with van der Waals surface area (Å²) in [5, 5.41) is 0.746. The molecule has 8 nitrogen and oxygen atoms in total. The number of nitrogens with zero attached hydrogens (tertiary/aromatic N) is 6. The molecule has 1 saturated heterocycles. The van der Waals surface area contributed by atoms with Gasteiger partial charge in [-0.15, -0.1) is 11.8 Å². The summed E-state index contributed by atoms with van der Waals surface area (Å²) in [5.41, 5.74) is 6.05. The van der Waals surface area contributed by atoms with Crippen LogP contribution >= 0.6 is 11.8 Å². The van der Waals surface area contributed by atoms with Crippen LogP contribution in [-0.2, 0) is 11.2 Å². The van der Waals surface area contributed by atoms with Crippen molar-refractivity contribution in [3.63, 3.8) is 0 Å². The van der Waals surface area contributed by atoms with Crippen LogP contribution in [0.5, 0.6) is 0 Å². The van der Waals surface area contributed by atoms with E-state index in [0.29, 0.717) is 23.1 Å². The molecule has 0 radical (unpaired) electrons. The number of thioether (sulfide) groups is 1. The number of aromatic nitrogens is 6. The Balaban J connectivity index is 1.52. The van der Waals surface area contributed by atoms with E-state index < -0.39 is 0 Å². The Labute approximate surface area is 205 Å². The summed E-state index contributed by atoms with van der Waals surface area (Å²) in [4.78, 5) is 40.7. The first-order chi connectivity index (χ1) is 17.2. The highest BCUT2D eigenvalue weighted by Gasteiger charge is 2.37. The number of aryl methyl sites for hydroxylation is 1. The Bertz CT molecular complexity index is 1540. The summed E-state index contributed by atoms with van der Waals surface area (Å²) >= 11 is 1.54. The summed E-state index contributed by atoms with van der Waals surface area (Å²) in [6, 6.07) is 14.0. The predicted molar refractivity (Wildman–Crippen MR) is 137 cm³/mol. The fraction of sp³-hybridized carbons (Fsp3) is 0.154. The summed E-state index contributed by atoms with van der Waals surface area (Å²) in [5.74, 6) is 0.637. The number of rotatable bonds is 5. The predicted octanol–water partition coefficient (Wildman–Crippen LogP) is 4.82. The van der Waals surface area contributed by atoms with E-state index in [4.69, 9.17) is 9.97 Å². The van der Waals surface area contributed by atoms with Crippen molar-refractivity contribution in [2.75, 3.05) is 10.7 Å². The van der Waals surface area contributed by atoms with Gasteiger partial charge in [0.15, 0.2) is 0 Å². The maximum atomic E-state index is 13.1. The minimum atomic E-state index is -0.299. The largest absolute Gasteiger partial charge is 0.360 e. The molecular formula is C26H21N7OS. The van der Waals surface area contributed by atoms with E-state index in [1.165, 1.54) is 23.7 Å². The van der Waals surface area contributed by atoms with E-state index in [1.807, 2.05) is 42.6 Å². The fourth-order valence-corrected chi connectivity index (χ4v) is 5.35. The van der Waals surface area contributed by atoms with Gasteiger partial charge >= 0.3 is 0 Å². The normalized spacial score (nSPS) is 15.7. The summed E-state index contributed by atoms with van der Waals surface area (Å²) in [6.45, 7) is 2.10. The number of benzene rings is 1. The van der Waals surface area contributed by atoms with Gasteiger partial charge in [-0.25, -0.2) is 19.9 Å². The third-order valence-corrected chi connectivity index (χ3v) is 7.21. The number of H-pyrrole nitrogens is 1. The van der Waals surface area contributed by atoms with Gasteiger partial charge in [-0.1, -0.05) is 25.1 Å². The highest BCUT2D eigenvalue weighted by molar-refractivity contribution is 8.00. The maximum absolute atomic E-state index is 13.1. The van der Waals surface area contributed by atoms with Crippen molar-refractivity contribution in [3.8, 4) is 22.5 Å². The minimum Gasteiger partial charge on any atom is -0.360 e. The lowest BCUT2D eigenvalue weighted by Gasteiger charge is -2.23. The molecule has 1 amide bonds. The number of nitrogens with one attached hydrogen (secondary N) is 1. The molecule has 1 N–H and O–H groups in total. The van der Waals surface area contributed by atoms with Gasteiger partial charge in [-0.05, 0) is 36.2 Å². The number of aromatic amines is 1. The topological polar surface area (TPSA) is 101 Å². The molecule has 0 spiro atoms. The number of anilines is 1. The molecule has 0 bridgehead atoms. The quantitative estimate of drug-likeness (QED) is 0.386. The molecule has 1 fully saturated rings. The maximum Gasteiger partial charge on any atom is 0.240 e. The van der Waals surface area contributed by atoms with Crippen molar-refractivity contribution in [1.82, 2.24) is 29.9 Å². The zero-order valence-electron chi connectivity index (χ0n) is 18.9. The lowest BCUT2D eigenvalue weighted by molar-refractivity contribution is -0.115. The SMILES string of the molecule is CCc1ccnc(C2SCC(=O)N2c2nc(-c3cncnc3)cc(-c3c[nH]c4ccccc34)n2)c1. The van der Waals surface area contributed by atoms with Crippen LogP contribution in [0, 0.1) is 0 Å². The molecule has 35 heavy (non-hydrogen) atoms. The molecule has 1 aromatic carbocycles. The smallest absolute Gasteiger partial charge is 0.240 e. The van der Waals surface area contributed by atoms with Crippen LogP contribution in [0.2, 0.25) is 0 Å². The molecule has 6 rings (SSSR count). The zero-order chi connectivity index (χ0) is 23.8. The van der Waals surface area contributed by atoms with Crippen LogP contribution in [-0.4, -0.2) is 41.6 Å². The van der Waals surface area contributed by atoms with Gasteiger partial charge in [0.1, 0.15) is 11.7 Å². The van der Waals surface area contributed by atoms with Gasteiger partial charge < -0.3 is 4.98 Å². The molecule has 1 aliphatic heterocycles. The van der Waals surface area contributed by atoms with Gasteiger partial charge in [-0.3, -0.25) is 14.7 Å². The Morgan fingerprint density at radius 2 is 1.91 bits per heavy atom. The monoisotopic (exact) mass is 479 g/mol. The van der Waals surface area contributed by atoms with Gasteiger partial charge in [0, 0.05) is 46.8 Å². The Morgan fingerprint density at radius 1 is 1.09 bits per heavy atom. The van der Waals surface area contributed by atoms with Crippen molar-refractivity contribution in [2.45, 2.75) is 18.7 Å². The fourth-order valence-electron chi connectivity index (χ4n) is 4.25. The number of fused-ring (bicyclic) bond motifs is 1. The van der Waals surface area contributed by atoms with Crippen LogP contribution in [0.1, 0.15) is 23.6 Å². The molecular weight excluding hydrogens is 458 g/mol. The highest BCUT2D eigenvalue weighted by atomic mass is 32.2. The first kappa shape index (κ1) is 21.4. The molecule has 1 unspecified atom stereocenters. The summed E-state index contributed by atoms with van der Waals surface area (Å²) < 4.78 is 0. The Kier molecular flexibility index (Phi) is 5.46. The van der Waals surface area contributed by atoms with E-state index >= 15 is 0 Å². The highest BCUT2D eigenvalue weighted by Crippen LogP contribution is 2.41. The molecule has 9 heteroatoms. The van der Waals surface area contributed by atoms with Gasteiger partial charge in [0.2, 0.25) is 11.9 Å². The second kappa shape index (κ2) is 8.92. The lowest BCUT2D eigenvalue weighted by Crippen LogP contribution is -2.30. The van der Waals surface area contributed by atoms with E-state index in [2.05, 4.69) is 32.9 Å². The molecule has 5 aromatic rings. The van der Waals surface area contributed by atoms with E-state index in [9.17, 15) is 4.79 Å².